The van der Waals surface area contributed by atoms with E-state index < -0.39 is 0 Å². The van der Waals surface area contributed by atoms with Crippen LogP contribution >= 0.6 is 0 Å². The minimum atomic E-state index is 0.860. The summed E-state index contributed by atoms with van der Waals surface area (Å²) in [4.78, 5) is 2.31. The maximum atomic E-state index is 3.83. The second kappa shape index (κ2) is 5.90. The molecule has 0 spiro atoms. The summed E-state index contributed by atoms with van der Waals surface area (Å²) in [5, 5.41) is 0. The lowest BCUT2D eigenvalue weighted by molar-refractivity contribution is 0.868. The predicted octanol–water partition coefficient (Wildman–Crippen LogP) is 3.88. The van der Waals surface area contributed by atoms with Crippen LogP contribution in [0.2, 0.25) is 0 Å². The summed E-state index contributed by atoms with van der Waals surface area (Å²) in [6.07, 6.45) is 1.94. The summed E-state index contributed by atoms with van der Waals surface area (Å²) in [6, 6.07) is 20.9. The molecule has 0 aliphatic heterocycles. The van der Waals surface area contributed by atoms with Gasteiger partial charge in [-0.1, -0.05) is 54.6 Å². The quantitative estimate of drug-likeness (QED) is 0.695. The Labute approximate surface area is 103 Å². The number of anilines is 1. The van der Waals surface area contributed by atoms with Gasteiger partial charge in [0.2, 0.25) is 0 Å². The zero-order chi connectivity index (χ0) is 11.9. The average Bonchev–Trinajstić information content (AvgIpc) is 2.40. The van der Waals surface area contributed by atoms with Gasteiger partial charge >= 0.3 is 0 Å². The molecule has 1 heteroatoms. The zero-order valence-electron chi connectivity index (χ0n) is 9.92. The molecule has 0 radical (unpaired) electrons. The lowest BCUT2D eigenvalue weighted by atomic mass is 10.2. The highest BCUT2D eigenvalue weighted by molar-refractivity contribution is 5.47. The molecule has 1 nitrogen and oxygen atoms in total. The average molecular weight is 223 g/mol. The van der Waals surface area contributed by atoms with Gasteiger partial charge in [-0.15, -0.1) is 6.58 Å². The maximum absolute atomic E-state index is 3.83. The van der Waals surface area contributed by atoms with Gasteiger partial charge in [0.05, 0.1) is 0 Å². The third-order valence-electron chi connectivity index (χ3n) is 2.69. The maximum Gasteiger partial charge on any atom is 0.0432 e. The molecule has 0 bridgehead atoms. The molecule has 0 aliphatic carbocycles. The second-order valence-corrected chi connectivity index (χ2v) is 3.99. The molecule has 0 N–H and O–H groups in total. The third kappa shape index (κ3) is 3.22. The standard InChI is InChI=1S/C16H17N/c1-2-13-17(16-11-7-4-8-12-16)14-15-9-5-3-6-10-15/h2-12H,1,13-14H2. The fourth-order valence-electron chi connectivity index (χ4n) is 1.86. The van der Waals surface area contributed by atoms with Crippen LogP contribution in [0.1, 0.15) is 5.56 Å². The van der Waals surface area contributed by atoms with E-state index in [1.54, 1.807) is 0 Å². The van der Waals surface area contributed by atoms with Crippen LogP contribution in [0.15, 0.2) is 73.3 Å². The molecule has 2 aromatic carbocycles. The van der Waals surface area contributed by atoms with Gasteiger partial charge in [-0.05, 0) is 17.7 Å². The van der Waals surface area contributed by atoms with Crippen molar-refractivity contribution in [3.63, 3.8) is 0 Å². The molecule has 0 unspecified atom stereocenters. The van der Waals surface area contributed by atoms with Gasteiger partial charge < -0.3 is 4.90 Å². The molecule has 0 aliphatic rings. The van der Waals surface area contributed by atoms with E-state index in [2.05, 4.69) is 60.0 Å². The summed E-state index contributed by atoms with van der Waals surface area (Å²) in [5.74, 6) is 0. The first-order chi connectivity index (χ1) is 8.40. The largest absolute Gasteiger partial charge is 0.363 e. The Hall–Kier alpha value is -2.02. The molecule has 0 amide bonds. The predicted molar refractivity (Wildman–Crippen MR) is 74.1 cm³/mol. The SMILES string of the molecule is C=CCN(Cc1ccccc1)c1ccccc1. The Kier molecular flexibility index (Phi) is 3.98. The van der Waals surface area contributed by atoms with Gasteiger partial charge in [-0.25, -0.2) is 0 Å². The van der Waals surface area contributed by atoms with Crippen molar-refractivity contribution in [1.82, 2.24) is 0 Å². The Morgan fingerprint density at radius 1 is 0.882 bits per heavy atom. The van der Waals surface area contributed by atoms with Crippen molar-refractivity contribution >= 4 is 5.69 Å². The molecule has 2 aromatic rings. The molecule has 17 heavy (non-hydrogen) atoms. The summed E-state index contributed by atoms with van der Waals surface area (Å²) in [5.41, 5.74) is 2.55. The number of hydrogen-bond donors (Lipinski definition) is 0. The van der Waals surface area contributed by atoms with Crippen molar-refractivity contribution in [2.45, 2.75) is 6.54 Å². The zero-order valence-corrected chi connectivity index (χ0v) is 9.92. The highest BCUT2D eigenvalue weighted by atomic mass is 15.1. The number of hydrogen-bond acceptors (Lipinski definition) is 1. The van der Waals surface area contributed by atoms with Crippen LogP contribution in [0.4, 0.5) is 5.69 Å². The van der Waals surface area contributed by atoms with E-state index in [-0.39, 0.29) is 0 Å². The third-order valence-corrected chi connectivity index (χ3v) is 2.69. The fourth-order valence-corrected chi connectivity index (χ4v) is 1.86. The fraction of sp³-hybridized carbons (Fsp3) is 0.125. The van der Waals surface area contributed by atoms with E-state index in [0.29, 0.717) is 0 Å². The molecular formula is C16H17N. The van der Waals surface area contributed by atoms with Crippen molar-refractivity contribution in [2.24, 2.45) is 0 Å². The highest BCUT2D eigenvalue weighted by Gasteiger charge is 2.04. The smallest absolute Gasteiger partial charge is 0.0432 e. The second-order valence-electron chi connectivity index (χ2n) is 3.99. The van der Waals surface area contributed by atoms with Crippen LogP contribution in [0.25, 0.3) is 0 Å². The first-order valence-corrected chi connectivity index (χ1v) is 5.85. The van der Waals surface area contributed by atoms with Crippen LogP contribution in [0, 0.1) is 0 Å². The van der Waals surface area contributed by atoms with Crippen molar-refractivity contribution in [3.8, 4) is 0 Å². The Morgan fingerprint density at radius 2 is 1.47 bits per heavy atom. The van der Waals surface area contributed by atoms with Gasteiger partial charge in [0.25, 0.3) is 0 Å². The Balaban J connectivity index is 2.16. The van der Waals surface area contributed by atoms with Gasteiger partial charge in [0, 0.05) is 18.8 Å². The van der Waals surface area contributed by atoms with Crippen molar-refractivity contribution in [3.05, 3.63) is 78.9 Å². The number of nitrogens with zero attached hydrogens (tertiary/aromatic N) is 1. The topological polar surface area (TPSA) is 3.24 Å². The van der Waals surface area contributed by atoms with Crippen LogP contribution in [-0.4, -0.2) is 6.54 Å². The van der Waals surface area contributed by atoms with E-state index in [4.69, 9.17) is 0 Å². The molecule has 0 heterocycles. The van der Waals surface area contributed by atoms with E-state index in [9.17, 15) is 0 Å². The van der Waals surface area contributed by atoms with Gasteiger partial charge in [0.15, 0.2) is 0 Å². The van der Waals surface area contributed by atoms with E-state index in [0.717, 1.165) is 13.1 Å². The highest BCUT2D eigenvalue weighted by Crippen LogP contribution is 2.16. The van der Waals surface area contributed by atoms with Gasteiger partial charge in [0.1, 0.15) is 0 Å². The van der Waals surface area contributed by atoms with E-state index >= 15 is 0 Å². The van der Waals surface area contributed by atoms with Crippen molar-refractivity contribution in [2.75, 3.05) is 11.4 Å². The first kappa shape index (κ1) is 11.5. The molecule has 0 saturated carbocycles. The molecular weight excluding hydrogens is 206 g/mol. The normalized spacial score (nSPS) is 9.88. The van der Waals surface area contributed by atoms with Crippen LogP contribution < -0.4 is 4.90 Å². The number of para-hydroxylation sites is 1. The summed E-state index contributed by atoms with van der Waals surface area (Å²) < 4.78 is 0. The summed E-state index contributed by atoms with van der Waals surface area (Å²) in [6.45, 7) is 5.60. The van der Waals surface area contributed by atoms with Gasteiger partial charge in [-0.3, -0.25) is 0 Å². The number of rotatable bonds is 5. The Morgan fingerprint density at radius 3 is 2.06 bits per heavy atom. The lowest BCUT2D eigenvalue weighted by Gasteiger charge is -2.23. The molecule has 0 fully saturated rings. The molecule has 0 atom stereocenters. The molecule has 2 rings (SSSR count). The molecule has 0 aromatic heterocycles. The molecule has 0 saturated heterocycles. The van der Waals surface area contributed by atoms with E-state index in [1.807, 2.05) is 18.2 Å². The number of benzene rings is 2. The van der Waals surface area contributed by atoms with Crippen molar-refractivity contribution < 1.29 is 0 Å². The molecule has 86 valence electrons. The Bertz CT molecular complexity index is 447. The minimum Gasteiger partial charge on any atom is -0.363 e. The van der Waals surface area contributed by atoms with Gasteiger partial charge in [-0.2, -0.15) is 0 Å². The van der Waals surface area contributed by atoms with E-state index in [1.165, 1.54) is 11.3 Å². The monoisotopic (exact) mass is 223 g/mol. The van der Waals surface area contributed by atoms with Crippen LogP contribution in [0.5, 0.6) is 0 Å². The van der Waals surface area contributed by atoms with Crippen LogP contribution in [-0.2, 0) is 6.54 Å². The minimum absolute atomic E-state index is 0.860. The summed E-state index contributed by atoms with van der Waals surface area (Å²) in [7, 11) is 0. The van der Waals surface area contributed by atoms with Crippen LogP contribution in [0.3, 0.4) is 0 Å². The van der Waals surface area contributed by atoms with Crippen molar-refractivity contribution in [1.29, 1.82) is 0 Å². The summed E-state index contributed by atoms with van der Waals surface area (Å²) >= 11 is 0. The first-order valence-electron chi connectivity index (χ1n) is 5.85. The lowest BCUT2D eigenvalue weighted by Crippen LogP contribution is -2.22.